The highest BCUT2D eigenvalue weighted by Crippen LogP contribution is 2.14. The number of aryl methyl sites for hydroxylation is 1. The molecular weight excluding hydrogens is 266 g/mol. The Hall–Kier alpha value is -2.48. The molecular formula is C11H11N5O2S. The van der Waals surface area contributed by atoms with E-state index in [9.17, 15) is 9.59 Å². The van der Waals surface area contributed by atoms with Crippen LogP contribution in [-0.4, -0.2) is 25.7 Å². The number of carbonyl (C=O) groups is 1. The van der Waals surface area contributed by atoms with E-state index in [4.69, 9.17) is 18.0 Å². The van der Waals surface area contributed by atoms with E-state index in [1.807, 2.05) is 0 Å². The van der Waals surface area contributed by atoms with E-state index in [-0.39, 0.29) is 16.1 Å². The second-order valence-electron chi connectivity index (χ2n) is 3.79. The highest BCUT2D eigenvalue weighted by atomic mass is 32.1. The molecule has 0 fully saturated rings. The van der Waals surface area contributed by atoms with Gasteiger partial charge in [-0.05, 0) is 6.07 Å². The van der Waals surface area contributed by atoms with E-state index in [0.29, 0.717) is 11.4 Å². The number of carbonyl (C=O) groups excluding carboxylic acids is 1. The minimum Gasteiger partial charge on any atom is -0.389 e. The first-order valence-electron chi connectivity index (χ1n) is 5.31. The van der Waals surface area contributed by atoms with Crippen LogP contribution in [0.1, 0.15) is 15.9 Å². The molecule has 0 spiro atoms. The Labute approximate surface area is 113 Å². The zero-order valence-corrected chi connectivity index (χ0v) is 10.8. The van der Waals surface area contributed by atoms with E-state index >= 15 is 0 Å². The van der Waals surface area contributed by atoms with Crippen molar-refractivity contribution < 1.29 is 4.79 Å². The minimum atomic E-state index is -0.438. The second kappa shape index (κ2) is 5.02. The molecule has 2 heterocycles. The molecule has 19 heavy (non-hydrogen) atoms. The molecule has 2 aromatic heterocycles. The highest BCUT2D eigenvalue weighted by molar-refractivity contribution is 7.80. The Bertz CT molecular complexity index is 703. The fourth-order valence-corrected chi connectivity index (χ4v) is 1.68. The summed E-state index contributed by atoms with van der Waals surface area (Å²) >= 11 is 4.87. The quantitative estimate of drug-likeness (QED) is 0.684. The maximum atomic E-state index is 12.0. The SMILES string of the molecule is Cn1ncc(C(N)=S)c1NC(=O)c1cc[nH]c(=O)c1. The van der Waals surface area contributed by atoms with Crippen LogP contribution >= 0.6 is 12.2 Å². The van der Waals surface area contributed by atoms with Crippen molar-refractivity contribution in [3.8, 4) is 0 Å². The number of H-pyrrole nitrogens is 1. The molecule has 4 N–H and O–H groups in total. The minimum absolute atomic E-state index is 0.134. The maximum Gasteiger partial charge on any atom is 0.257 e. The van der Waals surface area contributed by atoms with E-state index in [0.717, 1.165) is 0 Å². The summed E-state index contributed by atoms with van der Waals surface area (Å²) < 4.78 is 1.44. The van der Waals surface area contributed by atoms with Gasteiger partial charge in [-0.3, -0.25) is 14.3 Å². The number of thiocarbonyl (C=S) groups is 1. The van der Waals surface area contributed by atoms with Crippen molar-refractivity contribution in [2.75, 3.05) is 5.32 Å². The first-order valence-corrected chi connectivity index (χ1v) is 5.72. The summed E-state index contributed by atoms with van der Waals surface area (Å²) in [5.41, 5.74) is 5.89. The number of aromatic amines is 1. The fraction of sp³-hybridized carbons (Fsp3) is 0.0909. The van der Waals surface area contributed by atoms with Gasteiger partial charge >= 0.3 is 0 Å². The van der Waals surface area contributed by atoms with E-state index in [2.05, 4.69) is 15.4 Å². The molecule has 0 saturated carbocycles. The smallest absolute Gasteiger partial charge is 0.257 e. The summed E-state index contributed by atoms with van der Waals surface area (Å²) in [5.74, 6) is -0.0509. The lowest BCUT2D eigenvalue weighted by atomic mass is 10.2. The molecule has 1 amide bonds. The van der Waals surface area contributed by atoms with Crippen LogP contribution in [0.15, 0.2) is 29.3 Å². The number of hydrogen-bond acceptors (Lipinski definition) is 4. The summed E-state index contributed by atoms with van der Waals surface area (Å²) in [5, 5.41) is 6.59. The van der Waals surface area contributed by atoms with Crippen LogP contribution < -0.4 is 16.6 Å². The summed E-state index contributed by atoms with van der Waals surface area (Å²) in [4.78, 5) is 25.7. The Morgan fingerprint density at radius 3 is 2.95 bits per heavy atom. The molecule has 2 aromatic rings. The van der Waals surface area contributed by atoms with Crippen LogP contribution in [0.2, 0.25) is 0 Å². The number of rotatable bonds is 3. The number of nitrogens with two attached hydrogens (primary N) is 1. The van der Waals surface area contributed by atoms with Gasteiger partial charge in [0.25, 0.3) is 5.91 Å². The predicted octanol–water partition coefficient (Wildman–Crippen LogP) is -0.00510. The van der Waals surface area contributed by atoms with Gasteiger partial charge in [0.15, 0.2) is 0 Å². The Kier molecular flexibility index (Phi) is 3.43. The molecule has 0 aliphatic rings. The lowest BCUT2D eigenvalue weighted by Gasteiger charge is -2.07. The van der Waals surface area contributed by atoms with Gasteiger partial charge in [0, 0.05) is 24.9 Å². The third-order valence-electron chi connectivity index (χ3n) is 2.47. The van der Waals surface area contributed by atoms with Gasteiger partial charge in [-0.25, -0.2) is 0 Å². The van der Waals surface area contributed by atoms with Crippen LogP contribution in [-0.2, 0) is 7.05 Å². The van der Waals surface area contributed by atoms with E-state index < -0.39 is 5.91 Å². The summed E-state index contributed by atoms with van der Waals surface area (Å²) in [6.45, 7) is 0. The lowest BCUT2D eigenvalue weighted by molar-refractivity contribution is 0.102. The molecule has 8 heteroatoms. The van der Waals surface area contributed by atoms with Crippen molar-refractivity contribution in [1.29, 1.82) is 0 Å². The molecule has 0 aliphatic heterocycles. The molecule has 0 aliphatic carbocycles. The van der Waals surface area contributed by atoms with Gasteiger partial charge in [-0.1, -0.05) is 12.2 Å². The van der Waals surface area contributed by atoms with Gasteiger partial charge in [-0.15, -0.1) is 0 Å². The standard InChI is InChI=1S/C11H11N5O2S/c1-16-10(7(5-14-16)9(12)19)15-11(18)6-2-3-13-8(17)4-6/h2-5H,1H3,(H2,12,19)(H,13,17)(H,15,18). The zero-order chi connectivity index (χ0) is 14.0. The topological polar surface area (TPSA) is 106 Å². The molecule has 0 aromatic carbocycles. The summed E-state index contributed by atoms with van der Waals surface area (Å²) in [7, 11) is 1.65. The van der Waals surface area contributed by atoms with Crippen molar-refractivity contribution in [3.05, 3.63) is 46.0 Å². The third kappa shape index (κ3) is 2.68. The lowest BCUT2D eigenvalue weighted by Crippen LogP contribution is -2.20. The summed E-state index contributed by atoms with van der Waals surface area (Å²) in [6, 6.07) is 2.69. The Morgan fingerprint density at radius 2 is 2.32 bits per heavy atom. The van der Waals surface area contributed by atoms with Crippen LogP contribution in [0.25, 0.3) is 0 Å². The van der Waals surface area contributed by atoms with Crippen molar-refractivity contribution in [3.63, 3.8) is 0 Å². The molecule has 7 nitrogen and oxygen atoms in total. The second-order valence-corrected chi connectivity index (χ2v) is 4.23. The number of pyridine rings is 1. The van der Waals surface area contributed by atoms with Gasteiger partial charge in [0.1, 0.15) is 10.8 Å². The van der Waals surface area contributed by atoms with Crippen LogP contribution in [0.5, 0.6) is 0 Å². The zero-order valence-electron chi connectivity index (χ0n) is 10.0. The number of nitrogens with one attached hydrogen (secondary N) is 2. The average Bonchev–Trinajstić information content (AvgIpc) is 2.71. The predicted molar refractivity (Wildman–Crippen MR) is 74.1 cm³/mol. The largest absolute Gasteiger partial charge is 0.389 e. The number of nitrogens with zero attached hydrogens (tertiary/aromatic N) is 2. The number of hydrogen-bond donors (Lipinski definition) is 3. The fourth-order valence-electron chi connectivity index (χ4n) is 1.53. The van der Waals surface area contributed by atoms with E-state index in [1.54, 1.807) is 7.05 Å². The number of amides is 1. The van der Waals surface area contributed by atoms with Crippen LogP contribution in [0, 0.1) is 0 Å². The molecule has 98 valence electrons. The molecule has 0 radical (unpaired) electrons. The Balaban J connectivity index is 2.31. The van der Waals surface area contributed by atoms with Crippen molar-refractivity contribution in [2.24, 2.45) is 12.8 Å². The van der Waals surface area contributed by atoms with Gasteiger partial charge in [-0.2, -0.15) is 5.10 Å². The van der Waals surface area contributed by atoms with Crippen molar-refractivity contribution >= 4 is 28.9 Å². The monoisotopic (exact) mass is 277 g/mol. The number of aromatic nitrogens is 3. The Morgan fingerprint density at radius 1 is 1.58 bits per heavy atom. The molecule has 0 atom stereocenters. The van der Waals surface area contributed by atoms with E-state index in [1.165, 1.54) is 29.2 Å². The van der Waals surface area contributed by atoms with Gasteiger partial charge in [0.2, 0.25) is 5.56 Å². The first kappa shape index (κ1) is 13.0. The molecule has 0 bridgehead atoms. The third-order valence-corrected chi connectivity index (χ3v) is 2.69. The highest BCUT2D eigenvalue weighted by Gasteiger charge is 2.15. The molecule has 0 saturated heterocycles. The van der Waals surface area contributed by atoms with Crippen LogP contribution in [0.4, 0.5) is 5.82 Å². The normalized spacial score (nSPS) is 10.2. The van der Waals surface area contributed by atoms with Crippen molar-refractivity contribution in [1.82, 2.24) is 14.8 Å². The molecule has 2 rings (SSSR count). The average molecular weight is 277 g/mol. The maximum absolute atomic E-state index is 12.0. The van der Waals surface area contributed by atoms with Gasteiger partial charge < -0.3 is 16.0 Å². The van der Waals surface area contributed by atoms with Crippen LogP contribution in [0.3, 0.4) is 0 Å². The first-order chi connectivity index (χ1) is 8.99. The van der Waals surface area contributed by atoms with Gasteiger partial charge in [0.05, 0.1) is 11.8 Å². The number of anilines is 1. The molecule has 0 unspecified atom stereocenters. The van der Waals surface area contributed by atoms with Crippen molar-refractivity contribution in [2.45, 2.75) is 0 Å². The summed E-state index contributed by atoms with van der Waals surface area (Å²) in [6.07, 6.45) is 2.87.